The molecule has 1 aromatic carbocycles. The van der Waals surface area contributed by atoms with Gasteiger partial charge in [0.1, 0.15) is 30.2 Å². The van der Waals surface area contributed by atoms with Crippen LogP contribution in [0.4, 0.5) is 0 Å². The maximum Gasteiger partial charge on any atom is 0.245 e. The fourth-order valence-electron chi connectivity index (χ4n) is 5.91. The Morgan fingerprint density at radius 2 is 1.53 bits per heavy atom. The quantitative estimate of drug-likeness (QED) is 0.275. The van der Waals surface area contributed by atoms with Crippen LogP contribution < -0.4 is 21.3 Å². The first-order chi connectivity index (χ1) is 20.5. The van der Waals surface area contributed by atoms with Gasteiger partial charge in [0, 0.05) is 36.7 Å². The molecule has 4 rings (SSSR count). The van der Waals surface area contributed by atoms with E-state index in [1.54, 1.807) is 20.0 Å². The number of hydrogen-bond donors (Lipinski definition) is 6. The monoisotopic (exact) mass is 596 g/mol. The molecule has 0 radical (unpaired) electrons. The number of carbonyl (C=O) groups is 5. The van der Waals surface area contributed by atoms with E-state index < -0.39 is 59.7 Å². The number of aromatic nitrogens is 1. The van der Waals surface area contributed by atoms with E-state index in [9.17, 15) is 29.1 Å². The molecule has 234 valence electrons. The Balaban J connectivity index is 1.74. The van der Waals surface area contributed by atoms with Gasteiger partial charge in [-0.2, -0.15) is 0 Å². The Hall–Kier alpha value is -3.93. The van der Waals surface area contributed by atoms with Crippen LogP contribution in [0.3, 0.4) is 0 Å². The first-order valence-corrected chi connectivity index (χ1v) is 15.2. The number of aromatic amines is 1. The van der Waals surface area contributed by atoms with Gasteiger partial charge in [-0.05, 0) is 49.1 Å². The van der Waals surface area contributed by atoms with E-state index in [0.717, 1.165) is 16.5 Å². The second kappa shape index (κ2) is 14.0. The number of fused-ring (bicyclic) bond motifs is 2. The average molecular weight is 597 g/mol. The highest BCUT2D eigenvalue weighted by molar-refractivity contribution is 5.98. The predicted molar refractivity (Wildman–Crippen MR) is 160 cm³/mol. The van der Waals surface area contributed by atoms with Gasteiger partial charge in [0.15, 0.2) is 0 Å². The van der Waals surface area contributed by atoms with Gasteiger partial charge in [0.25, 0.3) is 0 Å². The third kappa shape index (κ3) is 7.54. The molecule has 2 aliphatic rings. The summed E-state index contributed by atoms with van der Waals surface area (Å²) in [6, 6.07) is 2.67. The third-order valence-electron chi connectivity index (χ3n) is 8.19. The van der Waals surface area contributed by atoms with Crippen LogP contribution in [0.1, 0.15) is 58.9 Å². The summed E-state index contributed by atoms with van der Waals surface area (Å²) in [7, 11) is 0. The highest BCUT2D eigenvalue weighted by Gasteiger charge is 2.41. The number of nitrogens with one attached hydrogen (secondary N) is 5. The zero-order valence-corrected chi connectivity index (χ0v) is 25.3. The largest absolute Gasteiger partial charge is 0.396 e. The van der Waals surface area contributed by atoms with E-state index in [0.29, 0.717) is 25.8 Å². The molecule has 3 heterocycles. The summed E-state index contributed by atoms with van der Waals surface area (Å²) in [6.45, 7) is 7.37. The van der Waals surface area contributed by atoms with E-state index in [1.165, 1.54) is 4.90 Å². The van der Waals surface area contributed by atoms with Crippen LogP contribution in [-0.4, -0.2) is 87.9 Å². The van der Waals surface area contributed by atoms with Gasteiger partial charge in [0.2, 0.25) is 29.5 Å². The molecular formula is C31H44N6O6. The second-order valence-electron chi connectivity index (χ2n) is 12.3. The van der Waals surface area contributed by atoms with Crippen LogP contribution in [-0.2, 0) is 30.4 Å². The SMILES string of the molecule is CC(C)C[C@@H]1NC(=O)[C@@H](C(C)C)NC(=O)[C@@H]2CCCN2C(=O)[C@@H](CCO)NC(=O)[C@@H](Cc2c[nH]c3ccccc23)NC1=O. The van der Waals surface area contributed by atoms with E-state index in [1.807, 2.05) is 38.1 Å². The number of aliphatic hydroxyl groups is 1. The summed E-state index contributed by atoms with van der Waals surface area (Å²) in [6.07, 6.45) is 3.13. The zero-order valence-electron chi connectivity index (χ0n) is 25.3. The van der Waals surface area contributed by atoms with Crippen LogP contribution in [0.2, 0.25) is 0 Å². The van der Waals surface area contributed by atoms with Crippen molar-refractivity contribution in [2.45, 2.75) is 90.0 Å². The molecule has 0 bridgehead atoms. The summed E-state index contributed by atoms with van der Waals surface area (Å²) in [5.74, 6) is -2.88. The van der Waals surface area contributed by atoms with Gasteiger partial charge in [-0.3, -0.25) is 24.0 Å². The Bertz CT molecular complexity index is 1340. The maximum absolute atomic E-state index is 13.8. The lowest BCUT2D eigenvalue weighted by atomic mass is 9.98. The summed E-state index contributed by atoms with van der Waals surface area (Å²) in [5, 5.41) is 21.9. The van der Waals surface area contributed by atoms with E-state index in [4.69, 9.17) is 0 Å². The van der Waals surface area contributed by atoms with Crippen molar-refractivity contribution in [3.63, 3.8) is 0 Å². The molecule has 2 fully saturated rings. The zero-order chi connectivity index (χ0) is 31.3. The van der Waals surface area contributed by atoms with Crippen molar-refractivity contribution < 1.29 is 29.1 Å². The first kappa shape index (κ1) is 32.0. The van der Waals surface area contributed by atoms with E-state index in [2.05, 4.69) is 26.3 Å². The normalized spacial score (nSPS) is 26.1. The number of benzene rings is 1. The molecule has 2 aromatic rings. The molecule has 0 aliphatic carbocycles. The number of rotatable bonds is 7. The lowest BCUT2D eigenvalue weighted by Gasteiger charge is -2.30. The second-order valence-corrected chi connectivity index (χ2v) is 12.3. The topological polar surface area (TPSA) is 173 Å². The molecule has 5 atom stereocenters. The number of H-pyrrole nitrogens is 1. The molecule has 43 heavy (non-hydrogen) atoms. The summed E-state index contributed by atoms with van der Waals surface area (Å²) >= 11 is 0. The van der Waals surface area contributed by atoms with Crippen LogP contribution in [0.15, 0.2) is 30.5 Å². The molecule has 1 aromatic heterocycles. The summed E-state index contributed by atoms with van der Waals surface area (Å²) in [4.78, 5) is 72.8. The number of hydrogen-bond acceptors (Lipinski definition) is 6. The van der Waals surface area contributed by atoms with Crippen molar-refractivity contribution in [3.05, 3.63) is 36.0 Å². The highest BCUT2D eigenvalue weighted by Crippen LogP contribution is 2.22. The molecule has 6 N–H and O–H groups in total. The van der Waals surface area contributed by atoms with Gasteiger partial charge in [-0.25, -0.2) is 0 Å². The standard InChI is InChI=1S/C31H44N6O6/c1-17(2)14-23-27(39)34-24(15-19-16-32-21-9-6-5-8-20(19)21)28(40)33-22(11-13-38)31(43)37-12-7-10-25(37)29(41)36-26(18(3)4)30(42)35-23/h5-6,8-9,16-18,22-26,32,38H,7,10-15H2,1-4H3,(H,33,40)(H,34,39)(H,35,42)(H,36,41)/t22-,23+,24-,25+,26-/m1/s1. The third-order valence-corrected chi connectivity index (χ3v) is 8.19. The molecule has 2 saturated heterocycles. The number of nitrogens with zero attached hydrogens (tertiary/aromatic N) is 1. The number of amides is 5. The fraction of sp³-hybridized carbons (Fsp3) is 0.581. The van der Waals surface area contributed by atoms with Gasteiger partial charge >= 0.3 is 0 Å². The Kier molecular flexibility index (Phi) is 10.4. The van der Waals surface area contributed by atoms with Crippen LogP contribution in [0.5, 0.6) is 0 Å². The van der Waals surface area contributed by atoms with Crippen molar-refractivity contribution in [1.29, 1.82) is 0 Å². The molecule has 2 aliphatic heterocycles. The number of para-hydroxylation sites is 1. The van der Waals surface area contributed by atoms with Gasteiger partial charge in [-0.15, -0.1) is 0 Å². The number of aliphatic hydroxyl groups excluding tert-OH is 1. The van der Waals surface area contributed by atoms with Gasteiger partial charge in [0.05, 0.1) is 0 Å². The lowest BCUT2D eigenvalue weighted by molar-refractivity contribution is -0.142. The highest BCUT2D eigenvalue weighted by atomic mass is 16.3. The summed E-state index contributed by atoms with van der Waals surface area (Å²) in [5.41, 5.74) is 1.66. The Morgan fingerprint density at radius 3 is 2.23 bits per heavy atom. The van der Waals surface area contributed by atoms with Crippen molar-refractivity contribution >= 4 is 40.4 Å². The Labute approximate surface area is 251 Å². The van der Waals surface area contributed by atoms with Gasteiger partial charge < -0.3 is 36.3 Å². The predicted octanol–water partition coefficient (Wildman–Crippen LogP) is 0.739. The van der Waals surface area contributed by atoms with Crippen LogP contribution >= 0.6 is 0 Å². The fourth-order valence-corrected chi connectivity index (χ4v) is 5.91. The molecule has 5 amide bonds. The van der Waals surface area contributed by atoms with Crippen LogP contribution in [0.25, 0.3) is 10.9 Å². The lowest BCUT2D eigenvalue weighted by Crippen LogP contribution is -2.59. The Morgan fingerprint density at radius 1 is 0.860 bits per heavy atom. The van der Waals surface area contributed by atoms with Crippen molar-refractivity contribution in [2.75, 3.05) is 13.2 Å². The van der Waals surface area contributed by atoms with Crippen LogP contribution in [0, 0.1) is 11.8 Å². The van der Waals surface area contributed by atoms with Gasteiger partial charge in [-0.1, -0.05) is 45.9 Å². The first-order valence-electron chi connectivity index (χ1n) is 15.2. The molecule has 0 spiro atoms. The van der Waals surface area contributed by atoms with E-state index in [-0.39, 0.29) is 31.3 Å². The average Bonchev–Trinajstić information content (AvgIpc) is 3.61. The summed E-state index contributed by atoms with van der Waals surface area (Å²) < 4.78 is 0. The van der Waals surface area contributed by atoms with Crippen molar-refractivity contribution in [1.82, 2.24) is 31.2 Å². The molecule has 0 unspecified atom stereocenters. The minimum atomic E-state index is -1.11. The van der Waals surface area contributed by atoms with Crippen molar-refractivity contribution in [3.8, 4) is 0 Å². The smallest absolute Gasteiger partial charge is 0.245 e. The molecule has 12 heteroatoms. The van der Waals surface area contributed by atoms with Crippen molar-refractivity contribution in [2.24, 2.45) is 11.8 Å². The minimum Gasteiger partial charge on any atom is -0.396 e. The minimum absolute atomic E-state index is 0.0321. The maximum atomic E-state index is 13.8. The molecular weight excluding hydrogens is 552 g/mol. The molecule has 0 saturated carbocycles. The molecule has 12 nitrogen and oxygen atoms in total. The van der Waals surface area contributed by atoms with E-state index >= 15 is 0 Å². The number of carbonyl (C=O) groups excluding carboxylic acids is 5.